The lowest BCUT2D eigenvalue weighted by atomic mass is 9.86. The molecule has 0 aromatic carbocycles. The number of hydrogen-bond acceptors (Lipinski definition) is 5. The van der Waals surface area contributed by atoms with Gasteiger partial charge in [-0.25, -0.2) is 4.79 Å². The first-order chi connectivity index (χ1) is 18.2. The Bertz CT molecular complexity index is 1020. The van der Waals surface area contributed by atoms with E-state index in [1.807, 2.05) is 52.8 Å². The molecule has 0 saturated carbocycles. The van der Waals surface area contributed by atoms with Crippen LogP contribution in [-0.4, -0.2) is 47.3 Å². The number of ether oxygens (including phenoxy) is 1. The number of aliphatic carboxylic acids is 1. The maximum Gasteiger partial charge on any atom is 0.371 e. The average Bonchev–Trinajstić information content (AvgIpc) is 2.83. The highest BCUT2D eigenvalue weighted by molar-refractivity contribution is 6.29. The molecule has 0 aromatic heterocycles. The van der Waals surface area contributed by atoms with E-state index in [0.717, 1.165) is 5.57 Å². The number of halogens is 1. The summed E-state index contributed by atoms with van der Waals surface area (Å²) in [5.41, 5.74) is 0.413. The van der Waals surface area contributed by atoms with E-state index in [2.05, 4.69) is 10.6 Å². The predicted molar refractivity (Wildman–Crippen MR) is 157 cm³/mol. The van der Waals surface area contributed by atoms with Gasteiger partial charge in [0, 0.05) is 11.1 Å². The second-order valence-electron chi connectivity index (χ2n) is 10.0. The fraction of sp³-hybridized carbons (Fsp3) is 0.433. The quantitative estimate of drug-likeness (QED) is 0.122. The first kappa shape index (κ1) is 35.6. The Morgan fingerprint density at radius 3 is 2.26 bits per heavy atom. The average molecular weight is 563 g/mol. The molecule has 0 aliphatic carbocycles. The maximum absolute atomic E-state index is 12.7. The number of hydrogen-bond donors (Lipinski definition) is 4. The van der Waals surface area contributed by atoms with Crippen LogP contribution in [0.15, 0.2) is 83.3 Å². The number of nitrogens with one attached hydrogen (secondary N) is 2. The highest BCUT2D eigenvalue weighted by atomic mass is 35.5. The molecule has 0 fully saturated rings. The van der Waals surface area contributed by atoms with Gasteiger partial charge in [0.2, 0.25) is 17.6 Å². The fourth-order valence-corrected chi connectivity index (χ4v) is 3.22. The molecule has 0 aliphatic rings. The van der Waals surface area contributed by atoms with Crippen molar-refractivity contribution in [1.29, 1.82) is 0 Å². The number of amides is 2. The van der Waals surface area contributed by atoms with E-state index in [4.69, 9.17) is 21.4 Å². The smallest absolute Gasteiger partial charge is 0.371 e. The molecule has 8 nitrogen and oxygen atoms in total. The van der Waals surface area contributed by atoms with Crippen LogP contribution in [0, 0.1) is 11.3 Å². The second kappa shape index (κ2) is 18.8. The molecule has 9 heteroatoms. The highest BCUT2D eigenvalue weighted by Gasteiger charge is 2.31. The van der Waals surface area contributed by atoms with Gasteiger partial charge < -0.3 is 25.6 Å². The molecule has 216 valence electrons. The third-order valence-electron chi connectivity index (χ3n) is 5.17. The van der Waals surface area contributed by atoms with E-state index in [-0.39, 0.29) is 17.6 Å². The van der Waals surface area contributed by atoms with Gasteiger partial charge in [-0.2, -0.15) is 0 Å². The van der Waals surface area contributed by atoms with Crippen LogP contribution < -0.4 is 10.6 Å². The molecular formula is C30H43ClN2O6. The van der Waals surface area contributed by atoms with Crippen LogP contribution >= 0.6 is 11.6 Å². The lowest BCUT2D eigenvalue weighted by Gasteiger charge is -2.29. The molecule has 0 rings (SSSR count). The second-order valence-corrected chi connectivity index (χ2v) is 10.6. The first-order valence-corrected chi connectivity index (χ1v) is 13.0. The molecule has 0 aromatic rings. The zero-order valence-electron chi connectivity index (χ0n) is 23.9. The van der Waals surface area contributed by atoms with Crippen LogP contribution in [-0.2, 0) is 19.1 Å². The molecule has 0 radical (unpaired) electrons. The minimum atomic E-state index is -1.13. The van der Waals surface area contributed by atoms with Crippen molar-refractivity contribution < 1.29 is 29.3 Å². The van der Waals surface area contributed by atoms with Crippen molar-refractivity contribution in [3.8, 4) is 0 Å². The van der Waals surface area contributed by atoms with Gasteiger partial charge >= 0.3 is 5.97 Å². The molecule has 0 aliphatic heterocycles. The third kappa shape index (κ3) is 17.7. The number of carbonyl (C=O) groups excluding carboxylic acids is 2. The van der Waals surface area contributed by atoms with Gasteiger partial charge in [-0.1, -0.05) is 93.5 Å². The first-order valence-electron chi connectivity index (χ1n) is 12.6. The number of carboxylic acid groups (broad SMARTS) is 1. The molecular weight excluding hydrogens is 520 g/mol. The highest BCUT2D eigenvalue weighted by Crippen LogP contribution is 2.19. The summed E-state index contributed by atoms with van der Waals surface area (Å²) in [5, 5.41) is 24.9. The number of aliphatic hydroxyl groups excluding tert-OH is 1. The standard InChI is InChI=1S/C30H43ClN2O6/c1-21(20-22(2)13-10-15-25(39-7)29(37)38)12-8-9-16-26(35)33-27(30(4,5)6)28(36)32-19-11-14-24(34)18-17-23(3)31/h8-13,15-17,19-20,22,24,27,34H,14,18H2,1-7H3,(H,32,36)(H,33,35)(H,37,38)/b12-8-,13-10+,16-9+,19-11-,21-20+,23-17+,25-15+/t22-,24-,27-/m1/s1. The zero-order valence-corrected chi connectivity index (χ0v) is 24.7. The summed E-state index contributed by atoms with van der Waals surface area (Å²) >= 11 is 5.76. The van der Waals surface area contributed by atoms with Crippen LogP contribution in [0.2, 0.25) is 0 Å². The predicted octanol–water partition coefficient (Wildman–Crippen LogP) is 5.30. The molecule has 0 saturated heterocycles. The molecule has 39 heavy (non-hydrogen) atoms. The summed E-state index contributed by atoms with van der Waals surface area (Å²) in [7, 11) is 1.30. The fourth-order valence-electron chi connectivity index (χ4n) is 3.13. The summed E-state index contributed by atoms with van der Waals surface area (Å²) in [6, 6.07) is -0.780. The number of carboxylic acids is 1. The summed E-state index contributed by atoms with van der Waals surface area (Å²) < 4.78 is 4.76. The van der Waals surface area contributed by atoms with Gasteiger partial charge in [-0.3, -0.25) is 9.59 Å². The molecule has 0 unspecified atom stereocenters. The Kier molecular flexibility index (Phi) is 17.2. The SMILES string of the molecule is CO/C(=C/C=C/[C@@H](C)/C=C(C)/C=C\C=C\C(=O)N[C@H](C(=O)N/C=C\C[C@@H](O)C/C=C(\C)Cl)C(C)(C)C)C(=O)O. The maximum atomic E-state index is 12.7. The Morgan fingerprint density at radius 1 is 1.05 bits per heavy atom. The van der Waals surface area contributed by atoms with E-state index >= 15 is 0 Å². The van der Waals surface area contributed by atoms with E-state index in [1.165, 1.54) is 25.5 Å². The number of rotatable bonds is 15. The van der Waals surface area contributed by atoms with Crippen molar-refractivity contribution in [2.24, 2.45) is 11.3 Å². The molecule has 0 bridgehead atoms. The van der Waals surface area contributed by atoms with Gasteiger partial charge in [0.1, 0.15) is 6.04 Å². The van der Waals surface area contributed by atoms with Crippen molar-refractivity contribution in [3.05, 3.63) is 83.3 Å². The third-order valence-corrected chi connectivity index (χ3v) is 5.33. The van der Waals surface area contributed by atoms with Crippen molar-refractivity contribution in [1.82, 2.24) is 10.6 Å². The minimum absolute atomic E-state index is 0.0418. The minimum Gasteiger partial charge on any atom is -0.490 e. The monoisotopic (exact) mass is 562 g/mol. The molecule has 0 heterocycles. The normalized spacial score (nSPS) is 16.2. The van der Waals surface area contributed by atoms with Crippen LogP contribution in [0.4, 0.5) is 0 Å². The van der Waals surface area contributed by atoms with Crippen molar-refractivity contribution in [2.45, 2.75) is 66.5 Å². The summed E-state index contributed by atoms with van der Waals surface area (Å²) in [4.78, 5) is 36.1. The Balaban J connectivity index is 4.97. The molecule has 0 spiro atoms. The largest absolute Gasteiger partial charge is 0.490 e. The van der Waals surface area contributed by atoms with E-state index in [1.54, 1.807) is 37.3 Å². The van der Waals surface area contributed by atoms with E-state index < -0.39 is 29.4 Å². The number of allylic oxidation sites excluding steroid dienone is 9. The van der Waals surface area contributed by atoms with Crippen LogP contribution in [0.5, 0.6) is 0 Å². The molecule has 4 N–H and O–H groups in total. The van der Waals surface area contributed by atoms with Crippen LogP contribution in [0.1, 0.15) is 54.4 Å². The van der Waals surface area contributed by atoms with Crippen molar-refractivity contribution in [2.75, 3.05) is 7.11 Å². The van der Waals surface area contributed by atoms with Gasteiger partial charge in [0.05, 0.1) is 13.2 Å². The van der Waals surface area contributed by atoms with Crippen LogP contribution in [0.3, 0.4) is 0 Å². The van der Waals surface area contributed by atoms with Gasteiger partial charge in [-0.05, 0) is 50.3 Å². The number of methoxy groups -OCH3 is 1. The lowest BCUT2D eigenvalue weighted by molar-refractivity contribution is -0.136. The Labute approximate surface area is 237 Å². The topological polar surface area (TPSA) is 125 Å². The zero-order chi connectivity index (χ0) is 30.0. The van der Waals surface area contributed by atoms with Gasteiger partial charge in [0.15, 0.2) is 0 Å². The Morgan fingerprint density at radius 2 is 1.69 bits per heavy atom. The summed E-state index contributed by atoms with van der Waals surface area (Å²) in [6.07, 6.45) is 18.3. The van der Waals surface area contributed by atoms with Crippen molar-refractivity contribution in [3.63, 3.8) is 0 Å². The Hall–Kier alpha value is -3.36. The summed E-state index contributed by atoms with van der Waals surface area (Å²) in [6.45, 7) is 11.2. The number of carbonyl (C=O) groups is 3. The van der Waals surface area contributed by atoms with Gasteiger partial charge in [0.25, 0.3) is 0 Å². The lowest BCUT2D eigenvalue weighted by Crippen LogP contribution is -2.52. The van der Waals surface area contributed by atoms with Crippen molar-refractivity contribution >= 4 is 29.4 Å². The van der Waals surface area contributed by atoms with Crippen LogP contribution in [0.25, 0.3) is 0 Å². The number of aliphatic hydroxyl groups is 1. The molecule has 2 amide bonds. The van der Waals surface area contributed by atoms with E-state index in [9.17, 15) is 19.5 Å². The van der Waals surface area contributed by atoms with Gasteiger partial charge in [-0.15, -0.1) is 0 Å². The summed E-state index contributed by atoms with van der Waals surface area (Å²) in [5.74, 6) is -2.01. The van der Waals surface area contributed by atoms with E-state index in [0.29, 0.717) is 17.9 Å². The molecule has 3 atom stereocenters.